The zero-order valence-electron chi connectivity index (χ0n) is 15.6. The summed E-state index contributed by atoms with van der Waals surface area (Å²) in [4.78, 5) is 9.03. The van der Waals surface area contributed by atoms with Gasteiger partial charge >= 0.3 is 0 Å². The maximum absolute atomic E-state index is 9.81. The summed E-state index contributed by atoms with van der Waals surface area (Å²) in [7, 11) is 1.56. The minimum Gasteiger partial charge on any atom is -0.508 e. The first kappa shape index (κ1) is 17.2. The van der Waals surface area contributed by atoms with Crippen molar-refractivity contribution >= 4 is 17.3 Å². The first-order chi connectivity index (χ1) is 14.2. The summed E-state index contributed by atoms with van der Waals surface area (Å²) >= 11 is 0. The summed E-state index contributed by atoms with van der Waals surface area (Å²) in [6.45, 7) is 1.06. The van der Waals surface area contributed by atoms with Crippen molar-refractivity contribution in [3.8, 4) is 34.3 Å². The van der Waals surface area contributed by atoms with Gasteiger partial charge in [0, 0.05) is 35.8 Å². The Bertz CT molecular complexity index is 1200. The van der Waals surface area contributed by atoms with Crippen molar-refractivity contribution in [2.24, 2.45) is 0 Å². The van der Waals surface area contributed by atoms with Crippen molar-refractivity contribution in [2.75, 3.05) is 25.6 Å². The van der Waals surface area contributed by atoms with Gasteiger partial charge in [-0.15, -0.1) is 0 Å². The van der Waals surface area contributed by atoms with E-state index < -0.39 is 0 Å². The van der Waals surface area contributed by atoms with Crippen molar-refractivity contribution in [1.29, 1.82) is 0 Å². The number of aromatic hydroxyl groups is 1. The second-order valence-corrected chi connectivity index (χ2v) is 6.47. The van der Waals surface area contributed by atoms with E-state index in [1.54, 1.807) is 31.5 Å². The Morgan fingerprint density at radius 3 is 2.83 bits per heavy atom. The molecule has 1 aliphatic rings. The molecule has 146 valence electrons. The van der Waals surface area contributed by atoms with Crippen LogP contribution in [0.15, 0.2) is 54.9 Å². The van der Waals surface area contributed by atoms with Gasteiger partial charge in [-0.1, -0.05) is 0 Å². The third kappa shape index (κ3) is 3.04. The lowest BCUT2D eigenvalue weighted by Crippen LogP contribution is -2.15. The van der Waals surface area contributed by atoms with Gasteiger partial charge in [0.1, 0.15) is 36.2 Å². The second kappa shape index (κ2) is 6.90. The fourth-order valence-corrected chi connectivity index (χ4v) is 3.33. The number of ether oxygens (including phenoxy) is 3. The molecule has 0 spiro atoms. The molecule has 3 heterocycles. The highest BCUT2D eigenvalue weighted by Crippen LogP contribution is 2.39. The van der Waals surface area contributed by atoms with E-state index in [9.17, 15) is 5.11 Å². The zero-order chi connectivity index (χ0) is 19.8. The molecule has 0 unspecified atom stereocenters. The van der Waals surface area contributed by atoms with Gasteiger partial charge in [0.05, 0.1) is 7.11 Å². The van der Waals surface area contributed by atoms with Gasteiger partial charge in [-0.3, -0.25) is 4.40 Å². The third-order valence-electron chi connectivity index (χ3n) is 4.65. The number of nitrogens with one attached hydrogen (secondary N) is 1. The van der Waals surface area contributed by atoms with Gasteiger partial charge in [-0.25, -0.2) is 9.97 Å². The minimum atomic E-state index is 0.119. The molecule has 4 aromatic rings. The number of nitrogens with zero attached hydrogens (tertiary/aromatic N) is 3. The largest absolute Gasteiger partial charge is 0.508 e. The summed E-state index contributed by atoms with van der Waals surface area (Å²) in [5.41, 5.74) is 2.20. The van der Waals surface area contributed by atoms with Crippen molar-refractivity contribution in [3.63, 3.8) is 0 Å². The van der Waals surface area contributed by atoms with Crippen LogP contribution in [-0.4, -0.2) is 39.8 Å². The third-order valence-corrected chi connectivity index (χ3v) is 4.65. The molecule has 8 nitrogen and oxygen atoms in total. The number of aromatic nitrogens is 3. The van der Waals surface area contributed by atoms with Crippen LogP contribution in [0.2, 0.25) is 0 Å². The number of hydrogen-bond acceptors (Lipinski definition) is 7. The summed E-state index contributed by atoms with van der Waals surface area (Å²) in [6.07, 6.45) is 3.57. The minimum absolute atomic E-state index is 0.119. The predicted molar refractivity (Wildman–Crippen MR) is 107 cm³/mol. The number of hydrogen-bond donors (Lipinski definition) is 2. The Labute approximate surface area is 166 Å². The highest BCUT2D eigenvalue weighted by Gasteiger charge is 2.20. The molecule has 0 fully saturated rings. The van der Waals surface area contributed by atoms with Crippen molar-refractivity contribution < 1.29 is 19.3 Å². The van der Waals surface area contributed by atoms with E-state index in [1.165, 1.54) is 0 Å². The molecule has 0 aliphatic carbocycles. The number of fused-ring (bicyclic) bond motifs is 2. The van der Waals surface area contributed by atoms with Crippen molar-refractivity contribution in [1.82, 2.24) is 14.4 Å². The van der Waals surface area contributed by atoms with Crippen LogP contribution >= 0.6 is 0 Å². The molecule has 0 amide bonds. The van der Waals surface area contributed by atoms with E-state index in [0.717, 1.165) is 17.0 Å². The smallest absolute Gasteiger partial charge is 0.235 e. The van der Waals surface area contributed by atoms with E-state index in [-0.39, 0.29) is 5.75 Å². The van der Waals surface area contributed by atoms with Gasteiger partial charge in [0.2, 0.25) is 5.78 Å². The van der Waals surface area contributed by atoms with Crippen LogP contribution in [0.4, 0.5) is 11.5 Å². The van der Waals surface area contributed by atoms with Gasteiger partial charge in [-0.2, -0.15) is 0 Å². The Kier molecular flexibility index (Phi) is 4.09. The topological polar surface area (TPSA) is 90.1 Å². The molecule has 0 atom stereocenters. The Morgan fingerprint density at radius 2 is 1.97 bits per heavy atom. The van der Waals surface area contributed by atoms with Gasteiger partial charge in [0.25, 0.3) is 0 Å². The van der Waals surface area contributed by atoms with Crippen LogP contribution in [0.5, 0.6) is 23.0 Å². The maximum Gasteiger partial charge on any atom is 0.235 e. The first-order valence-corrected chi connectivity index (χ1v) is 9.10. The zero-order valence-corrected chi connectivity index (χ0v) is 15.6. The average Bonchev–Trinajstić information content (AvgIpc) is 3.11. The molecule has 2 N–H and O–H groups in total. The molecule has 0 saturated heterocycles. The van der Waals surface area contributed by atoms with Crippen LogP contribution in [0, 0.1) is 0 Å². The number of imidazole rings is 1. The number of anilines is 2. The molecule has 0 bridgehead atoms. The molecule has 1 aliphatic heterocycles. The molecule has 2 aromatic heterocycles. The molecular weight excluding hydrogens is 372 g/mol. The average molecular weight is 390 g/mol. The Hall–Kier alpha value is -3.94. The molecule has 8 heteroatoms. The van der Waals surface area contributed by atoms with Crippen LogP contribution in [0.25, 0.3) is 17.0 Å². The lowest BCUT2D eigenvalue weighted by Gasteiger charge is -2.19. The number of phenols is 1. The summed E-state index contributed by atoms with van der Waals surface area (Å²) < 4.78 is 18.6. The quantitative estimate of drug-likeness (QED) is 0.550. The second-order valence-electron chi connectivity index (χ2n) is 6.47. The first-order valence-electron chi connectivity index (χ1n) is 9.10. The number of rotatable bonds is 4. The van der Waals surface area contributed by atoms with Gasteiger partial charge in [0.15, 0.2) is 11.5 Å². The number of methoxy groups -OCH3 is 1. The lowest BCUT2D eigenvalue weighted by molar-refractivity contribution is 0.171. The fraction of sp³-hybridized carbons (Fsp3) is 0.143. The van der Waals surface area contributed by atoms with Crippen LogP contribution in [0.1, 0.15) is 0 Å². The summed E-state index contributed by atoms with van der Waals surface area (Å²) in [5, 5.41) is 13.2. The van der Waals surface area contributed by atoms with E-state index in [4.69, 9.17) is 14.2 Å². The highest BCUT2D eigenvalue weighted by atomic mass is 16.6. The SMILES string of the molecule is COc1cc(O)ccc1-c1nc2ncccn2c1Nc1ccc2c(c1)OCCO2. The van der Waals surface area contributed by atoms with E-state index >= 15 is 0 Å². The number of benzene rings is 2. The highest BCUT2D eigenvalue weighted by molar-refractivity contribution is 5.82. The summed E-state index contributed by atoms with van der Waals surface area (Å²) in [6, 6.07) is 12.4. The van der Waals surface area contributed by atoms with Crippen molar-refractivity contribution in [3.05, 3.63) is 54.9 Å². The predicted octanol–water partition coefficient (Wildman–Crippen LogP) is 3.63. The standard InChI is InChI=1S/C21H18N4O4/c1-27-17-12-14(26)4-5-15(17)19-20(25-8-2-7-22-21(25)24-19)23-13-3-6-16-18(11-13)29-10-9-28-16/h2-8,11-12,23,26H,9-10H2,1H3. The fourth-order valence-electron chi connectivity index (χ4n) is 3.33. The van der Waals surface area contributed by atoms with E-state index in [1.807, 2.05) is 34.9 Å². The molecule has 0 radical (unpaired) electrons. The Balaban J connectivity index is 1.64. The van der Waals surface area contributed by atoms with Gasteiger partial charge < -0.3 is 24.6 Å². The maximum atomic E-state index is 9.81. The molecule has 2 aromatic carbocycles. The van der Waals surface area contributed by atoms with Crippen molar-refractivity contribution in [2.45, 2.75) is 0 Å². The number of phenolic OH excluding ortho intramolecular Hbond substituents is 1. The lowest BCUT2D eigenvalue weighted by atomic mass is 10.1. The normalized spacial score (nSPS) is 12.7. The van der Waals surface area contributed by atoms with Gasteiger partial charge in [-0.05, 0) is 30.3 Å². The molecule has 5 rings (SSSR count). The van der Waals surface area contributed by atoms with E-state index in [0.29, 0.717) is 42.0 Å². The van der Waals surface area contributed by atoms with E-state index in [2.05, 4.69) is 15.3 Å². The molecule has 29 heavy (non-hydrogen) atoms. The summed E-state index contributed by atoms with van der Waals surface area (Å²) in [5.74, 6) is 3.30. The monoisotopic (exact) mass is 390 g/mol. The van der Waals surface area contributed by atoms with Crippen LogP contribution in [0.3, 0.4) is 0 Å². The Morgan fingerprint density at radius 1 is 1.10 bits per heavy atom. The molecule has 0 saturated carbocycles. The van der Waals surface area contributed by atoms with Crippen LogP contribution < -0.4 is 19.5 Å². The molecular formula is C21H18N4O4. The van der Waals surface area contributed by atoms with Crippen LogP contribution in [-0.2, 0) is 0 Å².